The van der Waals surface area contributed by atoms with Crippen molar-refractivity contribution in [2.45, 2.75) is 27.2 Å². The maximum absolute atomic E-state index is 11.6. The largest absolute Gasteiger partial charge is 0.326 e. The monoisotopic (exact) mass is 247 g/mol. The van der Waals surface area contributed by atoms with E-state index in [4.69, 9.17) is 0 Å². The van der Waals surface area contributed by atoms with Gasteiger partial charge in [0.25, 0.3) is 0 Å². The van der Waals surface area contributed by atoms with Crippen LogP contribution in [0.15, 0.2) is 29.4 Å². The van der Waals surface area contributed by atoms with Crippen LogP contribution in [-0.4, -0.2) is 17.5 Å². The molecule has 0 aliphatic rings. The molecule has 5 heteroatoms. The molecule has 0 spiro atoms. The van der Waals surface area contributed by atoms with Crippen molar-refractivity contribution in [3.63, 3.8) is 0 Å². The van der Waals surface area contributed by atoms with Crippen LogP contribution in [0.1, 0.15) is 25.8 Å². The van der Waals surface area contributed by atoms with E-state index in [2.05, 4.69) is 15.8 Å². The van der Waals surface area contributed by atoms with Crippen LogP contribution < -0.4 is 10.7 Å². The number of anilines is 1. The molecule has 1 aromatic carbocycles. The van der Waals surface area contributed by atoms with E-state index >= 15 is 0 Å². The van der Waals surface area contributed by atoms with E-state index in [1.165, 1.54) is 6.92 Å². The Balaban J connectivity index is 2.49. The van der Waals surface area contributed by atoms with E-state index in [0.29, 0.717) is 5.71 Å². The number of hydrogen-bond donors (Lipinski definition) is 2. The van der Waals surface area contributed by atoms with E-state index in [9.17, 15) is 9.59 Å². The first-order chi connectivity index (χ1) is 8.47. The maximum Gasteiger partial charge on any atom is 0.236 e. The third-order valence-electron chi connectivity index (χ3n) is 2.16. The third-order valence-corrected chi connectivity index (χ3v) is 2.16. The molecule has 0 radical (unpaired) electrons. The van der Waals surface area contributed by atoms with Gasteiger partial charge >= 0.3 is 0 Å². The topological polar surface area (TPSA) is 70.6 Å². The van der Waals surface area contributed by atoms with Crippen LogP contribution in [0.2, 0.25) is 0 Å². The van der Waals surface area contributed by atoms with E-state index in [-0.39, 0.29) is 18.2 Å². The second-order valence-electron chi connectivity index (χ2n) is 4.11. The highest BCUT2D eigenvalue weighted by atomic mass is 16.2. The summed E-state index contributed by atoms with van der Waals surface area (Å²) >= 11 is 0. The average molecular weight is 247 g/mol. The summed E-state index contributed by atoms with van der Waals surface area (Å²) < 4.78 is 0. The lowest BCUT2D eigenvalue weighted by atomic mass is 10.2. The first kappa shape index (κ1) is 13.9. The molecule has 1 aromatic rings. The molecular formula is C13H17N3O2. The third kappa shape index (κ3) is 5.25. The molecule has 0 aliphatic carbocycles. The van der Waals surface area contributed by atoms with Crippen molar-refractivity contribution in [3.05, 3.63) is 29.8 Å². The number of carbonyl (C=O) groups excluding carboxylic acids is 2. The lowest BCUT2D eigenvalue weighted by molar-refractivity contribution is -0.119. The lowest BCUT2D eigenvalue weighted by Crippen LogP contribution is -2.19. The number of hydrogen-bond acceptors (Lipinski definition) is 3. The number of rotatable bonds is 4. The molecule has 0 heterocycles. The Morgan fingerprint density at radius 2 is 1.78 bits per heavy atom. The first-order valence-electron chi connectivity index (χ1n) is 5.63. The molecule has 0 saturated carbocycles. The van der Waals surface area contributed by atoms with Crippen LogP contribution >= 0.6 is 0 Å². The molecule has 2 N–H and O–H groups in total. The van der Waals surface area contributed by atoms with Crippen LogP contribution in [0.4, 0.5) is 5.69 Å². The fraction of sp³-hybridized carbons (Fsp3) is 0.308. The van der Waals surface area contributed by atoms with Crippen LogP contribution in [0, 0.1) is 6.92 Å². The molecule has 0 atom stereocenters. The average Bonchev–Trinajstić information content (AvgIpc) is 2.29. The van der Waals surface area contributed by atoms with Gasteiger partial charge in [-0.25, -0.2) is 5.43 Å². The summed E-state index contributed by atoms with van der Waals surface area (Å²) in [7, 11) is 0. The van der Waals surface area contributed by atoms with Crippen LogP contribution in [-0.2, 0) is 9.59 Å². The highest BCUT2D eigenvalue weighted by Gasteiger charge is 2.04. The van der Waals surface area contributed by atoms with E-state index in [1.807, 2.05) is 31.2 Å². The summed E-state index contributed by atoms with van der Waals surface area (Å²) in [6.45, 7) is 5.03. The number of aryl methyl sites for hydroxylation is 1. The zero-order valence-corrected chi connectivity index (χ0v) is 10.8. The summed E-state index contributed by atoms with van der Waals surface area (Å²) in [6, 6.07) is 7.53. The minimum atomic E-state index is -0.256. The van der Waals surface area contributed by atoms with E-state index in [1.54, 1.807) is 6.92 Å². The molecule has 18 heavy (non-hydrogen) atoms. The molecule has 0 fully saturated rings. The first-order valence-corrected chi connectivity index (χ1v) is 5.63. The SMILES string of the molecule is CC(=O)N/N=C(/C)CC(=O)Nc1ccc(C)cc1. The van der Waals surface area contributed by atoms with Crippen LogP contribution in [0.25, 0.3) is 0 Å². The number of nitrogens with one attached hydrogen (secondary N) is 2. The smallest absolute Gasteiger partial charge is 0.236 e. The van der Waals surface area contributed by atoms with Crippen molar-refractivity contribution in [2.24, 2.45) is 5.10 Å². The summed E-state index contributed by atoms with van der Waals surface area (Å²) in [4.78, 5) is 22.3. The quantitative estimate of drug-likeness (QED) is 0.629. The molecule has 1 rings (SSSR count). The predicted molar refractivity (Wildman–Crippen MR) is 71.4 cm³/mol. The van der Waals surface area contributed by atoms with E-state index < -0.39 is 0 Å². The highest BCUT2D eigenvalue weighted by molar-refractivity contribution is 6.05. The van der Waals surface area contributed by atoms with Gasteiger partial charge in [0.05, 0.1) is 6.42 Å². The van der Waals surface area contributed by atoms with Gasteiger partial charge in [-0.05, 0) is 26.0 Å². The van der Waals surface area contributed by atoms with Gasteiger partial charge < -0.3 is 5.32 Å². The van der Waals surface area contributed by atoms with Gasteiger partial charge in [-0.3, -0.25) is 9.59 Å². The van der Waals surface area contributed by atoms with Crippen molar-refractivity contribution in [3.8, 4) is 0 Å². The molecule has 0 bridgehead atoms. The Morgan fingerprint density at radius 3 is 2.33 bits per heavy atom. The van der Waals surface area contributed by atoms with Gasteiger partial charge in [-0.15, -0.1) is 0 Å². The normalized spacial score (nSPS) is 10.9. The van der Waals surface area contributed by atoms with Gasteiger partial charge in [-0.2, -0.15) is 5.10 Å². The fourth-order valence-corrected chi connectivity index (χ4v) is 1.29. The fourth-order valence-electron chi connectivity index (χ4n) is 1.29. The van der Waals surface area contributed by atoms with Crippen LogP contribution in [0.5, 0.6) is 0 Å². The lowest BCUT2D eigenvalue weighted by Gasteiger charge is -2.05. The van der Waals surface area contributed by atoms with Gasteiger partial charge in [0, 0.05) is 18.3 Å². The van der Waals surface area contributed by atoms with Crippen LogP contribution in [0.3, 0.4) is 0 Å². The highest BCUT2D eigenvalue weighted by Crippen LogP contribution is 2.08. The summed E-state index contributed by atoms with van der Waals surface area (Å²) in [5, 5.41) is 6.53. The van der Waals surface area contributed by atoms with Crippen molar-refractivity contribution >= 4 is 23.2 Å². The maximum atomic E-state index is 11.6. The second-order valence-corrected chi connectivity index (χ2v) is 4.11. The van der Waals surface area contributed by atoms with Crippen molar-refractivity contribution in [1.82, 2.24) is 5.43 Å². The summed E-state index contributed by atoms with van der Waals surface area (Å²) in [5.41, 5.74) is 4.73. The molecule has 96 valence electrons. The minimum Gasteiger partial charge on any atom is -0.326 e. The molecule has 0 saturated heterocycles. The number of nitrogens with zero attached hydrogens (tertiary/aromatic N) is 1. The van der Waals surface area contributed by atoms with E-state index in [0.717, 1.165) is 11.3 Å². The van der Waals surface area contributed by atoms with Crippen molar-refractivity contribution in [2.75, 3.05) is 5.32 Å². The Kier molecular flexibility index (Phi) is 5.05. The zero-order valence-electron chi connectivity index (χ0n) is 10.8. The van der Waals surface area contributed by atoms with Gasteiger partial charge in [0.1, 0.15) is 0 Å². The zero-order chi connectivity index (χ0) is 13.5. The van der Waals surface area contributed by atoms with Crippen molar-refractivity contribution < 1.29 is 9.59 Å². The van der Waals surface area contributed by atoms with Gasteiger partial charge in [0.15, 0.2) is 0 Å². The molecule has 0 aromatic heterocycles. The summed E-state index contributed by atoms with van der Waals surface area (Å²) in [6.07, 6.45) is 0.147. The molecular weight excluding hydrogens is 230 g/mol. The number of benzene rings is 1. The predicted octanol–water partition coefficient (Wildman–Crippen LogP) is 1.84. The standard InChI is InChI=1S/C13H17N3O2/c1-9-4-6-12(7-5-9)14-13(18)8-10(2)15-16-11(3)17/h4-7H,8H2,1-3H3,(H,14,18)(H,16,17)/b15-10-. The Labute approximate surface area is 106 Å². The Hall–Kier alpha value is -2.17. The molecule has 0 aliphatic heterocycles. The minimum absolute atomic E-state index is 0.147. The number of carbonyl (C=O) groups is 2. The second kappa shape index (κ2) is 6.54. The van der Waals surface area contributed by atoms with Gasteiger partial charge in [-0.1, -0.05) is 17.7 Å². The Morgan fingerprint density at radius 1 is 1.17 bits per heavy atom. The van der Waals surface area contributed by atoms with Crippen molar-refractivity contribution in [1.29, 1.82) is 0 Å². The number of amides is 2. The Bertz CT molecular complexity index is 464. The molecule has 0 unspecified atom stereocenters. The summed E-state index contributed by atoms with van der Waals surface area (Å²) in [5.74, 6) is -0.418. The molecule has 2 amide bonds. The molecule has 5 nitrogen and oxygen atoms in total. The number of hydrazone groups is 1. The van der Waals surface area contributed by atoms with Gasteiger partial charge in [0.2, 0.25) is 11.8 Å².